The SMILES string of the molecule is Cc1nc(C)c(C(=O)Nc2cc(Cl)ccc2Cl)c(C)n1. The molecule has 0 fully saturated rings. The maximum absolute atomic E-state index is 12.3. The fourth-order valence-corrected chi connectivity index (χ4v) is 2.33. The van der Waals surface area contributed by atoms with Gasteiger partial charge in [-0.3, -0.25) is 4.79 Å². The lowest BCUT2D eigenvalue weighted by molar-refractivity contribution is 0.102. The molecule has 20 heavy (non-hydrogen) atoms. The predicted molar refractivity (Wildman–Crippen MR) is 80.7 cm³/mol. The number of carbonyl (C=O) groups is 1. The highest BCUT2D eigenvalue weighted by Crippen LogP contribution is 2.26. The quantitative estimate of drug-likeness (QED) is 0.913. The van der Waals surface area contributed by atoms with E-state index >= 15 is 0 Å². The van der Waals surface area contributed by atoms with E-state index in [4.69, 9.17) is 23.2 Å². The maximum Gasteiger partial charge on any atom is 0.259 e. The lowest BCUT2D eigenvalue weighted by Crippen LogP contribution is -2.17. The first-order valence-electron chi connectivity index (χ1n) is 5.96. The predicted octanol–water partition coefficient (Wildman–Crippen LogP) is 3.96. The molecule has 0 radical (unpaired) electrons. The molecule has 0 spiro atoms. The minimum atomic E-state index is -0.302. The fourth-order valence-electron chi connectivity index (χ4n) is 1.99. The van der Waals surface area contributed by atoms with Gasteiger partial charge in [0.2, 0.25) is 0 Å². The van der Waals surface area contributed by atoms with Crippen LogP contribution in [0.5, 0.6) is 0 Å². The van der Waals surface area contributed by atoms with E-state index in [9.17, 15) is 4.79 Å². The van der Waals surface area contributed by atoms with Gasteiger partial charge in [-0.15, -0.1) is 0 Å². The number of aryl methyl sites for hydroxylation is 3. The molecule has 0 unspecified atom stereocenters. The van der Waals surface area contributed by atoms with Crippen LogP contribution in [0.4, 0.5) is 5.69 Å². The van der Waals surface area contributed by atoms with Crippen molar-refractivity contribution in [1.29, 1.82) is 0 Å². The Hall–Kier alpha value is -1.65. The maximum atomic E-state index is 12.3. The molecule has 0 atom stereocenters. The zero-order chi connectivity index (χ0) is 14.9. The Morgan fingerprint density at radius 3 is 2.30 bits per heavy atom. The van der Waals surface area contributed by atoms with Gasteiger partial charge in [0, 0.05) is 5.02 Å². The second-order valence-electron chi connectivity index (χ2n) is 4.39. The highest BCUT2D eigenvalue weighted by Gasteiger charge is 2.16. The molecule has 1 N–H and O–H groups in total. The minimum Gasteiger partial charge on any atom is -0.320 e. The molecule has 1 aromatic heterocycles. The molecule has 0 saturated heterocycles. The number of halogens is 2. The van der Waals surface area contributed by atoms with Crippen molar-refractivity contribution < 1.29 is 4.79 Å². The van der Waals surface area contributed by atoms with Crippen LogP contribution in [0.25, 0.3) is 0 Å². The molecule has 104 valence electrons. The molecular weight excluding hydrogens is 297 g/mol. The average molecular weight is 310 g/mol. The van der Waals surface area contributed by atoms with Crippen molar-refractivity contribution in [2.45, 2.75) is 20.8 Å². The average Bonchev–Trinajstić information content (AvgIpc) is 2.32. The summed E-state index contributed by atoms with van der Waals surface area (Å²) < 4.78 is 0. The van der Waals surface area contributed by atoms with Gasteiger partial charge >= 0.3 is 0 Å². The molecule has 0 saturated carbocycles. The molecule has 0 aliphatic heterocycles. The van der Waals surface area contributed by atoms with E-state index in [2.05, 4.69) is 15.3 Å². The zero-order valence-corrected chi connectivity index (χ0v) is 12.8. The number of hydrogen-bond acceptors (Lipinski definition) is 3. The van der Waals surface area contributed by atoms with Crippen LogP contribution in [0, 0.1) is 20.8 Å². The van der Waals surface area contributed by atoms with E-state index in [-0.39, 0.29) is 5.91 Å². The van der Waals surface area contributed by atoms with Crippen LogP contribution in [0.1, 0.15) is 27.6 Å². The molecule has 0 bridgehead atoms. The van der Waals surface area contributed by atoms with Gasteiger partial charge in [0.05, 0.1) is 27.7 Å². The summed E-state index contributed by atoms with van der Waals surface area (Å²) in [4.78, 5) is 20.7. The number of hydrogen-bond donors (Lipinski definition) is 1. The monoisotopic (exact) mass is 309 g/mol. The van der Waals surface area contributed by atoms with Crippen LogP contribution < -0.4 is 5.32 Å². The molecule has 1 heterocycles. The van der Waals surface area contributed by atoms with Gasteiger partial charge in [0.15, 0.2) is 0 Å². The minimum absolute atomic E-state index is 0.302. The largest absolute Gasteiger partial charge is 0.320 e. The number of nitrogens with zero attached hydrogens (tertiary/aromatic N) is 2. The summed E-state index contributed by atoms with van der Waals surface area (Å²) in [6.07, 6.45) is 0. The van der Waals surface area contributed by atoms with E-state index in [1.807, 2.05) is 0 Å². The lowest BCUT2D eigenvalue weighted by Gasteiger charge is -2.11. The Balaban J connectivity index is 2.36. The van der Waals surface area contributed by atoms with Gasteiger partial charge in [-0.05, 0) is 39.0 Å². The second-order valence-corrected chi connectivity index (χ2v) is 5.24. The molecule has 2 rings (SSSR count). The topological polar surface area (TPSA) is 54.9 Å². The first-order valence-corrected chi connectivity index (χ1v) is 6.72. The Morgan fingerprint density at radius 1 is 1.10 bits per heavy atom. The highest BCUT2D eigenvalue weighted by molar-refractivity contribution is 6.35. The van der Waals surface area contributed by atoms with E-state index in [0.29, 0.717) is 38.5 Å². The molecule has 0 aliphatic carbocycles. The third-order valence-corrected chi connectivity index (χ3v) is 3.35. The summed E-state index contributed by atoms with van der Waals surface area (Å²) in [5, 5.41) is 3.65. The van der Waals surface area contributed by atoms with Gasteiger partial charge in [0.25, 0.3) is 5.91 Å². The van der Waals surface area contributed by atoms with Crippen LogP contribution >= 0.6 is 23.2 Å². The number of carbonyl (C=O) groups excluding carboxylic acids is 1. The van der Waals surface area contributed by atoms with E-state index in [1.54, 1.807) is 39.0 Å². The number of amides is 1. The molecular formula is C14H13Cl2N3O. The summed E-state index contributed by atoms with van der Waals surface area (Å²) in [5.41, 5.74) is 2.17. The van der Waals surface area contributed by atoms with Crippen molar-refractivity contribution in [3.05, 3.63) is 51.0 Å². The summed E-state index contributed by atoms with van der Waals surface area (Å²) in [5.74, 6) is 0.335. The van der Waals surface area contributed by atoms with Crippen molar-refractivity contribution in [3.63, 3.8) is 0 Å². The summed E-state index contributed by atoms with van der Waals surface area (Å²) >= 11 is 11.9. The van der Waals surface area contributed by atoms with Crippen LogP contribution in [-0.2, 0) is 0 Å². The molecule has 6 heteroatoms. The van der Waals surface area contributed by atoms with E-state index in [1.165, 1.54) is 0 Å². The molecule has 4 nitrogen and oxygen atoms in total. The number of anilines is 1. The molecule has 1 amide bonds. The van der Waals surface area contributed by atoms with Crippen molar-refractivity contribution in [2.75, 3.05) is 5.32 Å². The van der Waals surface area contributed by atoms with Crippen molar-refractivity contribution >= 4 is 34.8 Å². The first kappa shape index (κ1) is 14.8. The lowest BCUT2D eigenvalue weighted by atomic mass is 10.1. The van der Waals surface area contributed by atoms with Crippen LogP contribution in [0.15, 0.2) is 18.2 Å². The Kier molecular flexibility index (Phi) is 4.26. The Morgan fingerprint density at radius 2 is 1.70 bits per heavy atom. The van der Waals surface area contributed by atoms with Gasteiger partial charge in [-0.25, -0.2) is 9.97 Å². The van der Waals surface area contributed by atoms with Gasteiger partial charge in [-0.1, -0.05) is 23.2 Å². The third kappa shape index (κ3) is 3.08. The normalized spacial score (nSPS) is 10.4. The van der Waals surface area contributed by atoms with Crippen molar-refractivity contribution in [3.8, 4) is 0 Å². The second kappa shape index (κ2) is 5.77. The van der Waals surface area contributed by atoms with Gasteiger partial charge < -0.3 is 5.32 Å². The molecule has 2 aromatic rings. The summed E-state index contributed by atoms with van der Waals surface area (Å²) in [6, 6.07) is 4.89. The fraction of sp³-hybridized carbons (Fsp3) is 0.214. The molecule has 1 aromatic carbocycles. The van der Waals surface area contributed by atoms with Crippen LogP contribution in [0.3, 0.4) is 0 Å². The van der Waals surface area contributed by atoms with E-state index < -0.39 is 0 Å². The van der Waals surface area contributed by atoms with Crippen molar-refractivity contribution in [2.24, 2.45) is 0 Å². The number of aromatic nitrogens is 2. The number of nitrogens with one attached hydrogen (secondary N) is 1. The van der Waals surface area contributed by atoms with Gasteiger partial charge in [0.1, 0.15) is 5.82 Å². The van der Waals surface area contributed by atoms with Gasteiger partial charge in [-0.2, -0.15) is 0 Å². The summed E-state index contributed by atoms with van der Waals surface area (Å²) in [7, 11) is 0. The van der Waals surface area contributed by atoms with Crippen LogP contribution in [0.2, 0.25) is 10.0 Å². The zero-order valence-electron chi connectivity index (χ0n) is 11.3. The highest BCUT2D eigenvalue weighted by atomic mass is 35.5. The number of rotatable bonds is 2. The number of benzene rings is 1. The Bertz CT molecular complexity index is 663. The van der Waals surface area contributed by atoms with E-state index in [0.717, 1.165) is 0 Å². The third-order valence-electron chi connectivity index (χ3n) is 2.79. The molecule has 0 aliphatic rings. The Labute approximate surface area is 127 Å². The first-order chi connectivity index (χ1) is 9.38. The van der Waals surface area contributed by atoms with Crippen molar-refractivity contribution in [1.82, 2.24) is 9.97 Å². The standard InChI is InChI=1S/C14H13Cl2N3O/c1-7-13(8(2)18-9(3)17-7)14(20)19-12-6-10(15)4-5-11(12)16/h4-6H,1-3H3,(H,19,20). The van der Waals surface area contributed by atoms with Crippen LogP contribution in [-0.4, -0.2) is 15.9 Å². The summed E-state index contributed by atoms with van der Waals surface area (Å²) in [6.45, 7) is 5.34. The smallest absolute Gasteiger partial charge is 0.259 e.